The standard InChI is InChI=1S/C8H20O4Si.Ca.2H/c1-5-9-13(10-6-2,11-7-3)12-8-4;;;/h5-8H2,1-4H3;;;/q;+2;2*-1. The molecule has 0 aliphatic carbocycles. The molecule has 0 saturated carbocycles. The molecule has 0 heterocycles. The van der Waals surface area contributed by atoms with E-state index in [0.29, 0.717) is 26.4 Å². The van der Waals surface area contributed by atoms with Gasteiger partial charge in [0.1, 0.15) is 0 Å². The first kappa shape index (κ1) is 17.7. The molecule has 0 fully saturated rings. The van der Waals surface area contributed by atoms with Gasteiger partial charge < -0.3 is 20.6 Å². The molecule has 84 valence electrons. The van der Waals surface area contributed by atoms with Crippen LogP contribution in [0.15, 0.2) is 0 Å². The molecule has 0 N–H and O–H groups in total. The Hall–Kier alpha value is 1.32. The average Bonchev–Trinajstić information content (AvgIpc) is 2.06. The molecule has 0 aliphatic heterocycles. The Morgan fingerprint density at radius 2 is 0.929 bits per heavy atom. The van der Waals surface area contributed by atoms with Gasteiger partial charge >= 0.3 is 46.8 Å². The van der Waals surface area contributed by atoms with Crippen LogP contribution in [0.1, 0.15) is 30.5 Å². The SMILES string of the molecule is CCO[Si](OCC)(OCC)OCC.[Ca+2].[H-].[H-]. The molecule has 0 aliphatic rings. The van der Waals surface area contributed by atoms with Crippen molar-refractivity contribution in [2.45, 2.75) is 27.7 Å². The minimum Gasteiger partial charge on any atom is -1.00 e. The molecule has 0 bridgehead atoms. The summed E-state index contributed by atoms with van der Waals surface area (Å²) in [5, 5.41) is 0. The summed E-state index contributed by atoms with van der Waals surface area (Å²) in [5.74, 6) is 0. The first-order valence-electron chi connectivity index (χ1n) is 4.80. The van der Waals surface area contributed by atoms with Crippen molar-refractivity contribution in [2.24, 2.45) is 0 Å². The van der Waals surface area contributed by atoms with Crippen LogP contribution in [-0.4, -0.2) is 73.2 Å². The molecular weight excluding hydrogens is 228 g/mol. The van der Waals surface area contributed by atoms with Crippen LogP contribution in [0, 0.1) is 0 Å². The second kappa shape index (κ2) is 10.8. The van der Waals surface area contributed by atoms with Crippen LogP contribution >= 0.6 is 0 Å². The van der Waals surface area contributed by atoms with Crippen LogP contribution < -0.4 is 0 Å². The van der Waals surface area contributed by atoms with Crippen LogP contribution in [0.2, 0.25) is 0 Å². The van der Waals surface area contributed by atoms with Crippen molar-refractivity contribution >= 4 is 46.8 Å². The zero-order chi connectivity index (χ0) is 10.2. The molecule has 0 saturated heterocycles. The van der Waals surface area contributed by atoms with Crippen LogP contribution in [0.5, 0.6) is 0 Å². The van der Waals surface area contributed by atoms with E-state index in [0.717, 1.165) is 0 Å². The van der Waals surface area contributed by atoms with E-state index >= 15 is 0 Å². The van der Waals surface area contributed by atoms with Gasteiger partial charge in [-0.2, -0.15) is 0 Å². The van der Waals surface area contributed by atoms with E-state index in [2.05, 4.69) is 0 Å². The van der Waals surface area contributed by atoms with Gasteiger partial charge in [0.25, 0.3) is 0 Å². The Morgan fingerprint density at radius 3 is 1.07 bits per heavy atom. The maximum atomic E-state index is 5.42. The molecule has 0 spiro atoms. The summed E-state index contributed by atoms with van der Waals surface area (Å²) < 4.78 is 21.7. The van der Waals surface area contributed by atoms with Crippen LogP contribution in [0.4, 0.5) is 0 Å². The summed E-state index contributed by atoms with van der Waals surface area (Å²) in [6.45, 7) is 9.80. The Kier molecular flexibility index (Phi) is 13.7. The number of hydrogen-bond donors (Lipinski definition) is 0. The minimum absolute atomic E-state index is 0. The van der Waals surface area contributed by atoms with Crippen molar-refractivity contribution in [3.8, 4) is 0 Å². The molecule has 0 aromatic heterocycles. The molecule has 6 heteroatoms. The summed E-state index contributed by atoms with van der Waals surface area (Å²) in [4.78, 5) is 0. The molecule has 14 heavy (non-hydrogen) atoms. The quantitative estimate of drug-likeness (QED) is 0.610. The minimum atomic E-state index is -2.80. The molecule has 0 aromatic carbocycles. The molecular formula is C8H22CaO4Si. The second-order valence-corrected chi connectivity index (χ2v) is 4.39. The molecule has 0 atom stereocenters. The third-order valence-electron chi connectivity index (χ3n) is 1.28. The van der Waals surface area contributed by atoms with Gasteiger partial charge in [0.2, 0.25) is 0 Å². The first-order valence-corrected chi connectivity index (χ1v) is 6.43. The summed E-state index contributed by atoms with van der Waals surface area (Å²) in [6, 6.07) is 0. The molecule has 0 radical (unpaired) electrons. The Labute approximate surface area is 121 Å². The largest absolute Gasteiger partial charge is 2.00 e. The van der Waals surface area contributed by atoms with E-state index in [1.807, 2.05) is 27.7 Å². The van der Waals surface area contributed by atoms with Crippen molar-refractivity contribution in [3.63, 3.8) is 0 Å². The molecule has 0 aromatic rings. The Morgan fingerprint density at radius 1 is 0.714 bits per heavy atom. The monoisotopic (exact) mass is 250 g/mol. The first-order chi connectivity index (χ1) is 6.24. The molecule has 0 unspecified atom stereocenters. The van der Waals surface area contributed by atoms with Gasteiger partial charge in [-0.15, -0.1) is 0 Å². The summed E-state index contributed by atoms with van der Waals surface area (Å²) in [6.07, 6.45) is 0. The maximum Gasteiger partial charge on any atom is 2.00 e. The van der Waals surface area contributed by atoms with E-state index in [1.165, 1.54) is 0 Å². The Bertz CT molecular complexity index is 105. The average molecular weight is 250 g/mol. The number of hydrogen-bond acceptors (Lipinski definition) is 4. The third-order valence-corrected chi connectivity index (χ3v) is 3.85. The summed E-state index contributed by atoms with van der Waals surface area (Å²) in [7, 11) is -2.80. The predicted molar refractivity (Wildman–Crippen MR) is 60.2 cm³/mol. The van der Waals surface area contributed by atoms with E-state index < -0.39 is 9.05 Å². The van der Waals surface area contributed by atoms with E-state index in [4.69, 9.17) is 17.7 Å². The van der Waals surface area contributed by atoms with Crippen molar-refractivity contribution in [1.29, 1.82) is 0 Å². The number of rotatable bonds is 8. The van der Waals surface area contributed by atoms with Gasteiger partial charge in [-0.25, -0.2) is 0 Å². The Balaban J connectivity index is -0.000000240. The summed E-state index contributed by atoms with van der Waals surface area (Å²) in [5.41, 5.74) is 0. The van der Waals surface area contributed by atoms with Gasteiger partial charge in [-0.3, -0.25) is 0 Å². The zero-order valence-corrected chi connectivity index (χ0v) is 12.9. The fourth-order valence-electron chi connectivity index (χ4n) is 0.957. The topological polar surface area (TPSA) is 36.9 Å². The van der Waals surface area contributed by atoms with Crippen molar-refractivity contribution in [1.82, 2.24) is 0 Å². The van der Waals surface area contributed by atoms with Crippen molar-refractivity contribution in [3.05, 3.63) is 0 Å². The third kappa shape index (κ3) is 6.74. The second-order valence-electron chi connectivity index (χ2n) is 2.23. The van der Waals surface area contributed by atoms with Gasteiger partial charge in [0, 0.05) is 26.4 Å². The van der Waals surface area contributed by atoms with Crippen molar-refractivity contribution < 1.29 is 20.6 Å². The van der Waals surface area contributed by atoms with Gasteiger partial charge in [-0.1, -0.05) is 0 Å². The fraction of sp³-hybridized carbons (Fsp3) is 1.00. The molecule has 4 nitrogen and oxygen atoms in total. The van der Waals surface area contributed by atoms with E-state index in [1.54, 1.807) is 0 Å². The normalized spacial score (nSPS) is 11.1. The molecule has 0 amide bonds. The molecule has 0 rings (SSSR count). The van der Waals surface area contributed by atoms with Gasteiger partial charge in [-0.05, 0) is 27.7 Å². The maximum absolute atomic E-state index is 5.42. The van der Waals surface area contributed by atoms with Crippen molar-refractivity contribution in [2.75, 3.05) is 26.4 Å². The van der Waals surface area contributed by atoms with Crippen LogP contribution in [0.3, 0.4) is 0 Å². The van der Waals surface area contributed by atoms with E-state index in [9.17, 15) is 0 Å². The van der Waals surface area contributed by atoms with E-state index in [-0.39, 0.29) is 40.6 Å². The van der Waals surface area contributed by atoms with Crippen LogP contribution in [0.25, 0.3) is 0 Å². The smallest absolute Gasteiger partial charge is 1.00 e. The predicted octanol–water partition coefficient (Wildman–Crippen LogP) is 1.41. The zero-order valence-electron chi connectivity index (χ0n) is 11.7. The van der Waals surface area contributed by atoms with Gasteiger partial charge in [0.05, 0.1) is 0 Å². The summed E-state index contributed by atoms with van der Waals surface area (Å²) >= 11 is 0. The fourth-order valence-corrected chi connectivity index (χ4v) is 2.87. The van der Waals surface area contributed by atoms with Gasteiger partial charge in [0.15, 0.2) is 0 Å². The van der Waals surface area contributed by atoms with Crippen LogP contribution in [-0.2, 0) is 17.7 Å².